The van der Waals surface area contributed by atoms with E-state index >= 15 is 0 Å². The highest BCUT2D eigenvalue weighted by Crippen LogP contribution is 2.27. The second kappa shape index (κ2) is 7.04. The van der Waals surface area contributed by atoms with E-state index in [4.69, 9.17) is 4.74 Å². The van der Waals surface area contributed by atoms with Gasteiger partial charge >= 0.3 is 5.97 Å². The first-order valence-corrected chi connectivity index (χ1v) is 7.54. The molecule has 2 rings (SSSR count). The van der Waals surface area contributed by atoms with Crippen molar-refractivity contribution in [1.82, 2.24) is 0 Å². The fraction of sp³-hybridized carbons (Fsp3) is 0.250. The number of aliphatic imine (C=N–C) groups is 1. The standard InChI is InChI=1S/C16H18N2O2S/c1-4-20-16(19)14-11(2)10-13(21-14)18-15(17-3)12-8-6-5-7-9-12/h5-10H,4H2,1-3H3,(H,17,18). The third kappa shape index (κ3) is 3.70. The molecule has 5 heteroatoms. The minimum atomic E-state index is -0.275. The van der Waals surface area contributed by atoms with Crippen molar-refractivity contribution in [2.75, 3.05) is 19.0 Å². The summed E-state index contributed by atoms with van der Waals surface area (Å²) in [5, 5.41) is 4.14. The third-order valence-corrected chi connectivity index (χ3v) is 4.02. The maximum absolute atomic E-state index is 11.8. The van der Waals surface area contributed by atoms with Crippen molar-refractivity contribution in [3.8, 4) is 0 Å². The molecule has 0 aliphatic carbocycles. The molecule has 0 amide bonds. The molecule has 1 aromatic carbocycles. The van der Waals surface area contributed by atoms with Crippen LogP contribution in [0.5, 0.6) is 0 Å². The van der Waals surface area contributed by atoms with Crippen molar-refractivity contribution in [2.24, 2.45) is 4.99 Å². The predicted octanol–water partition coefficient (Wildman–Crippen LogP) is 3.72. The van der Waals surface area contributed by atoms with Gasteiger partial charge in [0.05, 0.1) is 11.6 Å². The number of hydrogen-bond acceptors (Lipinski definition) is 4. The van der Waals surface area contributed by atoms with Crippen molar-refractivity contribution in [1.29, 1.82) is 0 Å². The van der Waals surface area contributed by atoms with Gasteiger partial charge in [0.2, 0.25) is 0 Å². The van der Waals surface area contributed by atoms with Crippen molar-refractivity contribution in [2.45, 2.75) is 13.8 Å². The maximum atomic E-state index is 11.8. The van der Waals surface area contributed by atoms with Crippen LogP contribution in [0, 0.1) is 6.92 Å². The van der Waals surface area contributed by atoms with E-state index in [9.17, 15) is 4.79 Å². The lowest BCUT2D eigenvalue weighted by atomic mass is 10.2. The zero-order chi connectivity index (χ0) is 15.2. The molecule has 0 fully saturated rings. The van der Waals surface area contributed by atoms with Gasteiger partial charge in [0, 0.05) is 12.6 Å². The molecule has 0 unspecified atom stereocenters. The van der Waals surface area contributed by atoms with Gasteiger partial charge in [0.15, 0.2) is 0 Å². The molecule has 0 spiro atoms. The summed E-state index contributed by atoms with van der Waals surface area (Å²) < 4.78 is 5.05. The Labute approximate surface area is 128 Å². The second-order valence-corrected chi connectivity index (χ2v) is 5.46. The molecule has 1 aromatic heterocycles. The molecule has 0 bridgehead atoms. The lowest BCUT2D eigenvalue weighted by Gasteiger charge is -2.07. The first-order valence-electron chi connectivity index (χ1n) is 6.72. The van der Waals surface area contributed by atoms with Crippen molar-refractivity contribution >= 4 is 28.1 Å². The molecular formula is C16H18N2O2S. The van der Waals surface area contributed by atoms with Gasteiger partial charge in [-0.05, 0) is 25.5 Å². The van der Waals surface area contributed by atoms with Gasteiger partial charge in [-0.1, -0.05) is 30.3 Å². The smallest absolute Gasteiger partial charge is 0.348 e. The fourth-order valence-corrected chi connectivity index (χ4v) is 2.88. The first kappa shape index (κ1) is 15.3. The molecule has 0 radical (unpaired) electrons. The minimum Gasteiger partial charge on any atom is -0.462 e. The van der Waals surface area contributed by atoms with Crippen LogP contribution in [-0.2, 0) is 4.74 Å². The van der Waals surface area contributed by atoms with E-state index in [0.29, 0.717) is 11.5 Å². The van der Waals surface area contributed by atoms with Crippen LogP contribution in [0.15, 0.2) is 41.4 Å². The van der Waals surface area contributed by atoms with E-state index in [1.807, 2.05) is 43.3 Å². The summed E-state index contributed by atoms with van der Waals surface area (Å²) >= 11 is 1.38. The summed E-state index contributed by atoms with van der Waals surface area (Å²) in [5.74, 6) is 0.495. The number of esters is 1. The van der Waals surface area contributed by atoms with E-state index in [0.717, 1.165) is 22.0 Å². The van der Waals surface area contributed by atoms with Crippen LogP contribution in [0.25, 0.3) is 0 Å². The van der Waals surface area contributed by atoms with Crippen LogP contribution in [0.4, 0.5) is 5.00 Å². The van der Waals surface area contributed by atoms with Crippen molar-refractivity contribution in [3.05, 3.63) is 52.4 Å². The Kier molecular flexibility index (Phi) is 5.11. The quantitative estimate of drug-likeness (QED) is 0.532. The number of aryl methyl sites for hydroxylation is 1. The topological polar surface area (TPSA) is 50.7 Å². The van der Waals surface area contributed by atoms with E-state index in [-0.39, 0.29) is 5.97 Å². The number of rotatable bonds is 4. The van der Waals surface area contributed by atoms with Gasteiger partial charge in [-0.3, -0.25) is 4.99 Å². The van der Waals surface area contributed by atoms with Crippen molar-refractivity contribution < 1.29 is 9.53 Å². The highest BCUT2D eigenvalue weighted by molar-refractivity contribution is 7.18. The SMILES string of the molecule is CCOC(=O)c1sc(NC(=NC)c2ccccc2)cc1C. The van der Waals surface area contributed by atoms with Gasteiger partial charge in [-0.25, -0.2) is 4.79 Å². The zero-order valence-electron chi connectivity index (χ0n) is 12.3. The summed E-state index contributed by atoms with van der Waals surface area (Å²) in [4.78, 5) is 16.7. The Morgan fingerprint density at radius 3 is 2.67 bits per heavy atom. The molecule has 1 heterocycles. The van der Waals surface area contributed by atoms with Gasteiger partial charge in [-0.2, -0.15) is 0 Å². The first-order chi connectivity index (χ1) is 10.2. The molecule has 0 saturated heterocycles. The fourth-order valence-electron chi connectivity index (χ4n) is 1.91. The highest BCUT2D eigenvalue weighted by Gasteiger charge is 2.15. The van der Waals surface area contributed by atoms with Gasteiger partial charge < -0.3 is 10.1 Å². The number of carbonyl (C=O) groups excluding carboxylic acids is 1. The summed E-state index contributed by atoms with van der Waals surface area (Å²) in [7, 11) is 1.74. The monoisotopic (exact) mass is 302 g/mol. The van der Waals surface area contributed by atoms with E-state index in [2.05, 4.69) is 10.3 Å². The number of benzene rings is 1. The third-order valence-electron chi connectivity index (χ3n) is 2.89. The lowest BCUT2D eigenvalue weighted by molar-refractivity contribution is 0.0531. The lowest BCUT2D eigenvalue weighted by Crippen LogP contribution is -2.12. The normalized spacial score (nSPS) is 11.3. The summed E-state index contributed by atoms with van der Waals surface area (Å²) in [6, 6.07) is 11.8. The van der Waals surface area contributed by atoms with E-state index in [1.165, 1.54) is 11.3 Å². The number of carbonyl (C=O) groups is 1. The Hall–Kier alpha value is -2.14. The number of amidine groups is 1. The molecular weight excluding hydrogens is 284 g/mol. The molecule has 4 nitrogen and oxygen atoms in total. The highest BCUT2D eigenvalue weighted by atomic mass is 32.1. The Balaban J connectivity index is 2.20. The van der Waals surface area contributed by atoms with Crippen LogP contribution in [0.2, 0.25) is 0 Å². The zero-order valence-corrected chi connectivity index (χ0v) is 13.2. The van der Waals surface area contributed by atoms with Crippen LogP contribution >= 0.6 is 11.3 Å². The Morgan fingerprint density at radius 2 is 2.05 bits per heavy atom. The molecule has 21 heavy (non-hydrogen) atoms. The molecule has 2 aromatic rings. The predicted molar refractivity (Wildman–Crippen MR) is 87.5 cm³/mol. The van der Waals surface area contributed by atoms with Crippen LogP contribution in [0.3, 0.4) is 0 Å². The van der Waals surface area contributed by atoms with Crippen molar-refractivity contribution in [3.63, 3.8) is 0 Å². The Morgan fingerprint density at radius 1 is 1.33 bits per heavy atom. The second-order valence-electron chi connectivity index (χ2n) is 4.41. The van der Waals surface area contributed by atoms with Gasteiger partial charge in [0.25, 0.3) is 0 Å². The van der Waals surface area contributed by atoms with E-state index < -0.39 is 0 Å². The number of ether oxygens (including phenoxy) is 1. The molecule has 0 atom stereocenters. The molecule has 110 valence electrons. The van der Waals surface area contributed by atoms with Crippen LogP contribution < -0.4 is 5.32 Å². The van der Waals surface area contributed by atoms with Gasteiger partial charge in [0.1, 0.15) is 10.7 Å². The number of anilines is 1. The molecule has 0 aliphatic rings. The number of hydrogen-bond donors (Lipinski definition) is 1. The number of nitrogens with zero attached hydrogens (tertiary/aromatic N) is 1. The summed E-state index contributed by atoms with van der Waals surface area (Å²) in [6.45, 7) is 4.08. The molecule has 0 aliphatic heterocycles. The Bertz CT molecular complexity index is 648. The minimum absolute atomic E-state index is 0.275. The van der Waals surface area contributed by atoms with Crippen LogP contribution in [-0.4, -0.2) is 25.5 Å². The van der Waals surface area contributed by atoms with Crippen LogP contribution in [0.1, 0.15) is 27.7 Å². The average Bonchev–Trinajstić information content (AvgIpc) is 2.87. The maximum Gasteiger partial charge on any atom is 0.348 e. The molecule has 0 saturated carbocycles. The number of thiophene rings is 1. The molecule has 1 N–H and O–H groups in total. The van der Waals surface area contributed by atoms with E-state index in [1.54, 1.807) is 14.0 Å². The van der Waals surface area contributed by atoms with Gasteiger partial charge in [-0.15, -0.1) is 11.3 Å². The average molecular weight is 302 g/mol. The largest absolute Gasteiger partial charge is 0.462 e. The summed E-state index contributed by atoms with van der Waals surface area (Å²) in [6.07, 6.45) is 0. The summed E-state index contributed by atoms with van der Waals surface area (Å²) in [5.41, 5.74) is 1.91. The number of nitrogens with one attached hydrogen (secondary N) is 1.